The summed E-state index contributed by atoms with van der Waals surface area (Å²) in [6.07, 6.45) is 0.531. The molecule has 0 saturated carbocycles. The number of anilines is 1. The van der Waals surface area contributed by atoms with Crippen LogP contribution in [0.25, 0.3) is 0 Å². The van der Waals surface area contributed by atoms with Crippen molar-refractivity contribution in [1.82, 2.24) is 14.8 Å². The molecule has 0 aliphatic heterocycles. The molecule has 32 heavy (non-hydrogen) atoms. The van der Waals surface area contributed by atoms with Crippen LogP contribution in [0.2, 0.25) is 0 Å². The van der Waals surface area contributed by atoms with Crippen molar-refractivity contribution in [1.29, 1.82) is 0 Å². The van der Waals surface area contributed by atoms with Gasteiger partial charge in [0.25, 0.3) is 0 Å². The molecule has 3 rings (SSSR count). The molecule has 8 heteroatoms. The maximum atomic E-state index is 12.6. The quantitative estimate of drug-likeness (QED) is 0.432. The third-order valence-corrected chi connectivity index (χ3v) is 6.10. The number of thioether (sulfide) groups is 1. The molecule has 1 unspecified atom stereocenters. The van der Waals surface area contributed by atoms with Crippen molar-refractivity contribution >= 4 is 23.4 Å². The molecular weight excluding hydrogens is 424 g/mol. The summed E-state index contributed by atoms with van der Waals surface area (Å²) in [7, 11) is 1.61. The molecule has 0 fully saturated rings. The first-order chi connectivity index (χ1) is 15.5. The Morgan fingerprint density at radius 2 is 1.88 bits per heavy atom. The molecule has 0 aliphatic rings. The molecule has 2 aromatic carbocycles. The molecule has 0 radical (unpaired) electrons. The molecule has 7 nitrogen and oxygen atoms in total. The first kappa shape index (κ1) is 23.7. The van der Waals surface area contributed by atoms with Gasteiger partial charge in [-0.2, -0.15) is 0 Å². The molecule has 1 aromatic heterocycles. The van der Waals surface area contributed by atoms with E-state index >= 15 is 0 Å². The molecular formula is C24H30N4O3S. The third-order valence-electron chi connectivity index (χ3n) is 5.13. The third kappa shape index (κ3) is 5.43. The summed E-state index contributed by atoms with van der Waals surface area (Å²) in [6.45, 7) is 8.70. The van der Waals surface area contributed by atoms with Gasteiger partial charge in [0.15, 0.2) is 28.6 Å². The topological polar surface area (TPSA) is 78.3 Å². The Labute approximate surface area is 193 Å². The number of nitrogens with one attached hydrogen (secondary N) is 1. The highest BCUT2D eigenvalue weighted by atomic mass is 32.2. The van der Waals surface area contributed by atoms with Crippen molar-refractivity contribution < 1.29 is 14.3 Å². The maximum Gasteiger partial charge on any atom is 0.234 e. The van der Waals surface area contributed by atoms with E-state index in [-0.39, 0.29) is 17.8 Å². The fourth-order valence-electron chi connectivity index (χ4n) is 3.47. The van der Waals surface area contributed by atoms with Gasteiger partial charge in [0.2, 0.25) is 5.91 Å². The van der Waals surface area contributed by atoms with Crippen LogP contribution in [0.15, 0.2) is 47.6 Å². The van der Waals surface area contributed by atoms with Gasteiger partial charge in [-0.15, -0.1) is 10.2 Å². The average molecular weight is 455 g/mol. The van der Waals surface area contributed by atoms with Crippen LogP contribution < -0.4 is 14.8 Å². The highest BCUT2D eigenvalue weighted by Gasteiger charge is 2.20. The van der Waals surface area contributed by atoms with E-state index < -0.39 is 0 Å². The second kappa shape index (κ2) is 11.0. The second-order valence-electron chi connectivity index (χ2n) is 7.30. The van der Waals surface area contributed by atoms with Gasteiger partial charge in [0.05, 0.1) is 12.9 Å². The SMILES string of the molecule is CCc1cccc(C)c1NC(=O)CSc1nnc(C(C)Oc2ccccc2OC)n1CC. The van der Waals surface area contributed by atoms with Crippen LogP contribution in [-0.2, 0) is 17.8 Å². The number of ether oxygens (including phenoxy) is 2. The summed E-state index contributed by atoms with van der Waals surface area (Å²) >= 11 is 1.37. The first-order valence-corrected chi connectivity index (χ1v) is 11.7. The van der Waals surface area contributed by atoms with E-state index in [4.69, 9.17) is 9.47 Å². The zero-order valence-corrected chi connectivity index (χ0v) is 20.0. The summed E-state index contributed by atoms with van der Waals surface area (Å²) in [4.78, 5) is 12.6. The molecule has 1 amide bonds. The van der Waals surface area contributed by atoms with Gasteiger partial charge >= 0.3 is 0 Å². The Hall–Kier alpha value is -3.00. The Morgan fingerprint density at radius 1 is 1.12 bits per heavy atom. The van der Waals surface area contributed by atoms with Crippen LogP contribution in [-0.4, -0.2) is 33.5 Å². The minimum atomic E-state index is -0.332. The van der Waals surface area contributed by atoms with Crippen LogP contribution >= 0.6 is 11.8 Å². The number of aryl methyl sites for hydroxylation is 2. The minimum Gasteiger partial charge on any atom is -0.493 e. The van der Waals surface area contributed by atoms with Crippen LogP contribution in [0.5, 0.6) is 11.5 Å². The number of hydrogen-bond donors (Lipinski definition) is 1. The number of para-hydroxylation sites is 3. The van der Waals surface area contributed by atoms with E-state index in [9.17, 15) is 4.79 Å². The Morgan fingerprint density at radius 3 is 2.56 bits per heavy atom. The van der Waals surface area contributed by atoms with Crippen molar-refractivity contribution in [3.63, 3.8) is 0 Å². The van der Waals surface area contributed by atoms with E-state index in [1.807, 2.05) is 67.8 Å². The molecule has 0 aliphatic carbocycles. The summed E-state index contributed by atoms with van der Waals surface area (Å²) in [5, 5.41) is 12.4. The summed E-state index contributed by atoms with van der Waals surface area (Å²) in [6, 6.07) is 13.6. The number of rotatable bonds is 10. The van der Waals surface area contributed by atoms with Crippen molar-refractivity contribution in [2.75, 3.05) is 18.2 Å². The Kier molecular flexibility index (Phi) is 8.16. The average Bonchev–Trinajstić information content (AvgIpc) is 3.22. The van der Waals surface area contributed by atoms with Crippen LogP contribution in [0.4, 0.5) is 5.69 Å². The zero-order chi connectivity index (χ0) is 23.1. The zero-order valence-electron chi connectivity index (χ0n) is 19.2. The monoisotopic (exact) mass is 454 g/mol. The summed E-state index contributed by atoms with van der Waals surface area (Å²) in [5.41, 5.74) is 3.09. The van der Waals surface area contributed by atoms with Gasteiger partial charge < -0.3 is 19.4 Å². The van der Waals surface area contributed by atoms with Crippen molar-refractivity contribution in [3.05, 3.63) is 59.4 Å². The Bertz CT molecular complexity index is 1070. The minimum absolute atomic E-state index is 0.0653. The van der Waals surface area contributed by atoms with E-state index in [0.717, 1.165) is 23.2 Å². The smallest absolute Gasteiger partial charge is 0.234 e. The normalized spacial score (nSPS) is 11.8. The number of carbonyl (C=O) groups is 1. The fraction of sp³-hybridized carbons (Fsp3) is 0.375. The largest absolute Gasteiger partial charge is 0.493 e. The lowest BCUT2D eigenvalue weighted by Gasteiger charge is -2.17. The number of nitrogens with zero attached hydrogens (tertiary/aromatic N) is 3. The lowest BCUT2D eigenvalue weighted by Crippen LogP contribution is -2.17. The highest BCUT2D eigenvalue weighted by molar-refractivity contribution is 7.99. The number of methoxy groups -OCH3 is 1. The molecule has 1 heterocycles. The number of carbonyl (C=O) groups excluding carboxylic acids is 1. The number of aromatic nitrogens is 3. The lowest BCUT2D eigenvalue weighted by molar-refractivity contribution is -0.113. The first-order valence-electron chi connectivity index (χ1n) is 10.7. The van der Waals surface area contributed by atoms with Crippen LogP contribution in [0.3, 0.4) is 0 Å². The van der Waals surface area contributed by atoms with Crippen LogP contribution in [0, 0.1) is 6.92 Å². The number of hydrogen-bond acceptors (Lipinski definition) is 6. The van der Waals surface area contributed by atoms with Crippen LogP contribution in [0.1, 0.15) is 43.8 Å². The van der Waals surface area contributed by atoms with Gasteiger partial charge in [-0.1, -0.05) is 49.0 Å². The summed E-state index contributed by atoms with van der Waals surface area (Å²) in [5.74, 6) is 2.19. The van der Waals surface area contributed by atoms with Crippen molar-refractivity contribution in [2.24, 2.45) is 0 Å². The van der Waals surface area contributed by atoms with E-state index in [1.165, 1.54) is 11.8 Å². The van der Waals surface area contributed by atoms with E-state index in [1.54, 1.807) is 7.11 Å². The molecule has 3 aromatic rings. The van der Waals surface area contributed by atoms with Gasteiger partial charge in [-0.05, 0) is 50.5 Å². The number of benzene rings is 2. The summed E-state index contributed by atoms with van der Waals surface area (Å²) < 4.78 is 13.4. The van der Waals surface area contributed by atoms with Gasteiger partial charge in [-0.3, -0.25) is 4.79 Å². The fourth-order valence-corrected chi connectivity index (χ4v) is 4.28. The van der Waals surface area contributed by atoms with Crippen molar-refractivity contribution in [2.45, 2.75) is 51.9 Å². The maximum absolute atomic E-state index is 12.6. The van der Waals surface area contributed by atoms with Gasteiger partial charge in [0, 0.05) is 12.2 Å². The van der Waals surface area contributed by atoms with E-state index in [2.05, 4.69) is 22.4 Å². The highest BCUT2D eigenvalue weighted by Crippen LogP contribution is 2.31. The van der Waals surface area contributed by atoms with Gasteiger partial charge in [0.1, 0.15) is 0 Å². The molecule has 1 N–H and O–H groups in total. The standard InChI is InChI=1S/C24H30N4O3S/c1-6-18-12-10-11-16(3)22(18)25-21(29)15-32-24-27-26-23(28(24)7-2)17(4)31-20-14-9-8-13-19(20)30-5/h8-14,17H,6-7,15H2,1-5H3,(H,25,29). The molecule has 170 valence electrons. The molecule has 0 saturated heterocycles. The molecule has 0 spiro atoms. The second-order valence-corrected chi connectivity index (χ2v) is 8.24. The number of amides is 1. The van der Waals surface area contributed by atoms with E-state index in [0.29, 0.717) is 29.0 Å². The van der Waals surface area contributed by atoms with Crippen molar-refractivity contribution in [3.8, 4) is 11.5 Å². The molecule has 0 bridgehead atoms. The Balaban J connectivity index is 1.68. The lowest BCUT2D eigenvalue weighted by atomic mass is 10.1. The molecule has 1 atom stereocenters. The van der Waals surface area contributed by atoms with Gasteiger partial charge in [-0.25, -0.2) is 0 Å². The predicted octanol–water partition coefficient (Wildman–Crippen LogP) is 5.05. The predicted molar refractivity (Wildman–Crippen MR) is 128 cm³/mol.